The number of carbonyl (C=O) groups excluding carboxylic acids is 1. The van der Waals surface area contributed by atoms with Gasteiger partial charge in [0.2, 0.25) is 5.91 Å². The van der Waals surface area contributed by atoms with Crippen molar-refractivity contribution in [2.45, 2.75) is 69.4 Å². The van der Waals surface area contributed by atoms with Gasteiger partial charge in [0.15, 0.2) is 0 Å². The number of fused-ring (bicyclic) bond motifs is 3. The molecule has 0 aromatic rings. The minimum absolute atomic E-state index is 0.0610. The van der Waals surface area contributed by atoms with Gasteiger partial charge in [-0.3, -0.25) is 4.79 Å². The number of rotatable bonds is 2. The summed E-state index contributed by atoms with van der Waals surface area (Å²) in [5, 5.41) is 3.25. The molecule has 1 amide bonds. The molecule has 0 atom stereocenters. The molecule has 4 aliphatic carbocycles. The molecular formula is C13H22N2O. The van der Waals surface area contributed by atoms with Crippen molar-refractivity contribution in [1.82, 2.24) is 5.32 Å². The first-order chi connectivity index (χ1) is 7.46. The van der Waals surface area contributed by atoms with E-state index in [-0.39, 0.29) is 16.5 Å². The lowest BCUT2D eigenvalue weighted by molar-refractivity contribution is -0.138. The van der Waals surface area contributed by atoms with Crippen molar-refractivity contribution >= 4 is 5.91 Å². The molecule has 0 aromatic heterocycles. The Bertz CT molecular complexity index is 308. The van der Waals surface area contributed by atoms with Crippen LogP contribution in [0.2, 0.25) is 0 Å². The lowest BCUT2D eigenvalue weighted by Crippen LogP contribution is -2.57. The molecular weight excluding hydrogens is 200 g/mol. The average Bonchev–Trinajstić information content (AvgIpc) is 2.97. The highest BCUT2D eigenvalue weighted by molar-refractivity contribution is 5.84. The maximum Gasteiger partial charge on any atom is 0.226 e. The van der Waals surface area contributed by atoms with Gasteiger partial charge in [0, 0.05) is 16.5 Å². The molecule has 3 nitrogen and oxygen atoms in total. The fourth-order valence-electron chi connectivity index (χ4n) is 3.27. The number of hydrogen-bond donors (Lipinski definition) is 2. The zero-order chi connectivity index (χ0) is 11.4. The van der Waals surface area contributed by atoms with Crippen molar-refractivity contribution in [2.24, 2.45) is 11.1 Å². The summed E-state index contributed by atoms with van der Waals surface area (Å²) in [4.78, 5) is 12.4. The van der Waals surface area contributed by atoms with Gasteiger partial charge in [-0.15, -0.1) is 0 Å². The first-order valence-electron chi connectivity index (χ1n) is 6.57. The minimum atomic E-state index is -0.0628. The molecule has 16 heavy (non-hydrogen) atoms. The van der Waals surface area contributed by atoms with Crippen molar-refractivity contribution in [3.8, 4) is 0 Å². The van der Waals surface area contributed by atoms with Gasteiger partial charge >= 0.3 is 0 Å². The highest BCUT2D eigenvalue weighted by Gasteiger charge is 2.52. The normalized spacial score (nSPS) is 44.1. The molecule has 4 aliphatic rings. The molecule has 0 spiro atoms. The van der Waals surface area contributed by atoms with Crippen LogP contribution in [0.15, 0.2) is 0 Å². The molecule has 0 aromatic carbocycles. The fourth-order valence-corrected chi connectivity index (χ4v) is 3.27. The second-order valence-corrected chi connectivity index (χ2v) is 6.66. The summed E-state index contributed by atoms with van der Waals surface area (Å²) in [6.07, 6.45) is 8.43. The molecule has 3 heteroatoms. The van der Waals surface area contributed by atoms with Gasteiger partial charge in [0.1, 0.15) is 0 Å². The molecule has 0 aliphatic heterocycles. The Labute approximate surface area is 97.2 Å². The van der Waals surface area contributed by atoms with Crippen LogP contribution in [-0.2, 0) is 4.79 Å². The Balaban J connectivity index is 1.72. The fraction of sp³-hybridized carbons (Fsp3) is 0.923. The second-order valence-electron chi connectivity index (χ2n) is 6.66. The molecule has 90 valence electrons. The number of nitrogens with one attached hydrogen (secondary N) is 1. The van der Waals surface area contributed by atoms with Gasteiger partial charge in [-0.1, -0.05) is 0 Å². The minimum Gasteiger partial charge on any atom is -0.350 e. The number of carbonyl (C=O) groups is 1. The van der Waals surface area contributed by atoms with Crippen molar-refractivity contribution in [2.75, 3.05) is 0 Å². The topological polar surface area (TPSA) is 55.1 Å². The van der Waals surface area contributed by atoms with E-state index in [1.165, 1.54) is 0 Å². The summed E-state index contributed by atoms with van der Waals surface area (Å²) in [5.41, 5.74) is 6.39. The number of nitrogens with two attached hydrogens (primary N) is 1. The van der Waals surface area contributed by atoms with Crippen molar-refractivity contribution in [3.05, 3.63) is 0 Å². The summed E-state index contributed by atoms with van der Waals surface area (Å²) in [5.74, 6) is 0.314. The molecule has 0 saturated heterocycles. The Hall–Kier alpha value is -0.570. The summed E-state index contributed by atoms with van der Waals surface area (Å²) in [7, 11) is 0. The maximum atomic E-state index is 12.4. The third kappa shape index (κ3) is 1.56. The van der Waals surface area contributed by atoms with Crippen LogP contribution in [-0.4, -0.2) is 17.0 Å². The first-order valence-corrected chi connectivity index (χ1v) is 6.57. The quantitative estimate of drug-likeness (QED) is 0.747. The molecule has 0 radical (unpaired) electrons. The van der Waals surface area contributed by atoms with Gasteiger partial charge in [-0.2, -0.15) is 0 Å². The van der Waals surface area contributed by atoms with E-state index in [1.54, 1.807) is 0 Å². The van der Waals surface area contributed by atoms with Crippen molar-refractivity contribution in [1.29, 1.82) is 0 Å². The summed E-state index contributed by atoms with van der Waals surface area (Å²) in [6, 6.07) is 0. The lowest BCUT2D eigenvalue weighted by Gasteiger charge is -2.51. The molecule has 0 unspecified atom stereocenters. The lowest BCUT2D eigenvalue weighted by atomic mass is 9.57. The molecule has 4 rings (SSSR count). The Morgan fingerprint density at radius 2 is 1.50 bits per heavy atom. The summed E-state index contributed by atoms with van der Waals surface area (Å²) in [6.45, 7) is 2.15. The van der Waals surface area contributed by atoms with E-state index in [4.69, 9.17) is 5.73 Å². The molecule has 3 N–H and O–H groups in total. The van der Waals surface area contributed by atoms with E-state index < -0.39 is 0 Å². The average molecular weight is 222 g/mol. The third-order valence-corrected chi connectivity index (χ3v) is 5.20. The van der Waals surface area contributed by atoms with Crippen LogP contribution >= 0.6 is 0 Å². The van der Waals surface area contributed by atoms with E-state index in [9.17, 15) is 4.79 Å². The SMILES string of the molecule is CC1(NC(=O)C23CCC(N)(CC2)CC3)CC1. The Morgan fingerprint density at radius 1 is 1.00 bits per heavy atom. The van der Waals surface area contributed by atoms with E-state index >= 15 is 0 Å². The third-order valence-electron chi connectivity index (χ3n) is 5.20. The van der Waals surface area contributed by atoms with Gasteiger partial charge in [0.05, 0.1) is 0 Å². The second kappa shape index (κ2) is 3.00. The summed E-state index contributed by atoms with van der Waals surface area (Å²) >= 11 is 0. The molecule has 0 heterocycles. The van der Waals surface area contributed by atoms with Crippen LogP contribution in [0.1, 0.15) is 58.3 Å². The summed E-state index contributed by atoms with van der Waals surface area (Å²) < 4.78 is 0. The highest BCUT2D eigenvalue weighted by Crippen LogP contribution is 2.52. The number of amides is 1. The monoisotopic (exact) mass is 222 g/mol. The van der Waals surface area contributed by atoms with E-state index in [1.807, 2.05) is 0 Å². The largest absolute Gasteiger partial charge is 0.350 e. The zero-order valence-electron chi connectivity index (χ0n) is 10.1. The maximum absolute atomic E-state index is 12.4. The molecule has 4 fully saturated rings. The van der Waals surface area contributed by atoms with Gasteiger partial charge in [-0.25, -0.2) is 0 Å². The van der Waals surface area contributed by atoms with E-state index in [0.717, 1.165) is 51.4 Å². The van der Waals surface area contributed by atoms with Crippen molar-refractivity contribution < 1.29 is 4.79 Å². The smallest absolute Gasteiger partial charge is 0.226 e. The van der Waals surface area contributed by atoms with Gasteiger partial charge in [-0.05, 0) is 58.3 Å². The Morgan fingerprint density at radius 3 is 1.94 bits per heavy atom. The highest BCUT2D eigenvalue weighted by atomic mass is 16.2. The standard InChI is InChI=1S/C13H22N2O/c1-11(2-3-11)15-10(16)12-4-7-13(14,8-5-12)9-6-12/h2-9,14H2,1H3,(H,15,16). The van der Waals surface area contributed by atoms with Crippen LogP contribution in [0, 0.1) is 5.41 Å². The van der Waals surface area contributed by atoms with Gasteiger partial charge in [0.25, 0.3) is 0 Å². The Kier molecular flexibility index (Phi) is 1.99. The van der Waals surface area contributed by atoms with Crippen LogP contribution in [0.4, 0.5) is 0 Å². The molecule has 2 bridgehead atoms. The zero-order valence-corrected chi connectivity index (χ0v) is 10.1. The molecule has 4 saturated carbocycles. The van der Waals surface area contributed by atoms with Crippen LogP contribution < -0.4 is 11.1 Å². The van der Waals surface area contributed by atoms with Gasteiger partial charge < -0.3 is 11.1 Å². The van der Waals surface area contributed by atoms with Crippen LogP contribution in [0.5, 0.6) is 0 Å². The first kappa shape index (κ1) is 10.6. The predicted molar refractivity (Wildman–Crippen MR) is 62.8 cm³/mol. The predicted octanol–water partition coefficient (Wildman–Crippen LogP) is 1.71. The number of hydrogen-bond acceptors (Lipinski definition) is 2. The van der Waals surface area contributed by atoms with E-state index in [2.05, 4.69) is 12.2 Å². The van der Waals surface area contributed by atoms with E-state index in [0.29, 0.717) is 5.91 Å². The van der Waals surface area contributed by atoms with Crippen LogP contribution in [0.3, 0.4) is 0 Å². The van der Waals surface area contributed by atoms with Crippen molar-refractivity contribution in [3.63, 3.8) is 0 Å². The van der Waals surface area contributed by atoms with Crippen LogP contribution in [0.25, 0.3) is 0 Å².